The highest BCUT2D eigenvalue weighted by Crippen LogP contribution is 2.47. The summed E-state index contributed by atoms with van der Waals surface area (Å²) in [5.41, 5.74) is 7.71. The van der Waals surface area contributed by atoms with Crippen LogP contribution in [0.4, 0.5) is 17.2 Å². The van der Waals surface area contributed by atoms with Crippen molar-refractivity contribution in [2.45, 2.75) is 80.1 Å². The van der Waals surface area contributed by atoms with E-state index in [1.807, 2.05) is 50.8 Å². The van der Waals surface area contributed by atoms with Crippen LogP contribution in [-0.2, 0) is 10.2 Å². The molecule has 0 atom stereocenters. The topological polar surface area (TPSA) is 61.8 Å². The second kappa shape index (κ2) is 14.7. The minimum atomic E-state index is -0.128. The average molecular weight is 632 g/mol. The number of carbonyl (C=O) groups is 1. The predicted octanol–water partition coefficient (Wildman–Crippen LogP) is 8.65. The zero-order valence-electron chi connectivity index (χ0n) is 28.6. The van der Waals surface area contributed by atoms with Gasteiger partial charge in [-0.3, -0.25) is 4.79 Å². The van der Waals surface area contributed by atoms with Crippen LogP contribution in [0.15, 0.2) is 42.5 Å². The molecule has 242 valence electrons. The Morgan fingerprint density at radius 3 is 2.31 bits per heavy atom. The summed E-state index contributed by atoms with van der Waals surface area (Å²) in [5.74, 6) is 1.72. The van der Waals surface area contributed by atoms with E-state index in [1.165, 1.54) is 0 Å². The van der Waals surface area contributed by atoms with E-state index in [4.69, 9.17) is 26.3 Å². The van der Waals surface area contributed by atoms with Crippen molar-refractivity contribution >= 4 is 40.5 Å². The molecule has 0 saturated carbocycles. The Balaban J connectivity index is 1.60. The molecule has 3 heterocycles. The Hall–Kier alpha value is -3.58. The van der Waals surface area contributed by atoms with Gasteiger partial charge in [-0.25, -0.2) is 9.97 Å². The fourth-order valence-electron chi connectivity index (χ4n) is 6.60. The molecule has 0 saturated heterocycles. The van der Waals surface area contributed by atoms with Crippen LogP contribution in [0.3, 0.4) is 0 Å². The third-order valence-electron chi connectivity index (χ3n) is 9.39. The van der Waals surface area contributed by atoms with Crippen LogP contribution in [0.2, 0.25) is 5.02 Å². The number of carbonyl (C=O) groups excluding carboxylic acids is 1. The first kappa shape index (κ1) is 34.3. The smallest absolute Gasteiger partial charge is 0.272 e. The third kappa shape index (κ3) is 6.84. The fourth-order valence-corrected chi connectivity index (χ4v) is 6.72. The first-order chi connectivity index (χ1) is 21.6. The zero-order valence-corrected chi connectivity index (χ0v) is 29.4. The van der Waals surface area contributed by atoms with Gasteiger partial charge in [0.1, 0.15) is 17.3 Å². The minimum absolute atomic E-state index is 0.0351. The third-order valence-corrected chi connectivity index (χ3v) is 9.82. The van der Waals surface area contributed by atoms with E-state index in [2.05, 4.69) is 61.8 Å². The van der Waals surface area contributed by atoms with Crippen molar-refractivity contribution in [3.05, 3.63) is 81.3 Å². The SMILES string of the molecule is C/C=C(\OC)c1c(C)cc(N(CCC)CCN(CC)C(=O)c2ccc3c(n2)C(CC)(CC)CN3c2ccc(Cl)c(C)c2)nc1C. The number of pyridine rings is 2. The van der Waals surface area contributed by atoms with E-state index in [9.17, 15) is 4.79 Å². The summed E-state index contributed by atoms with van der Waals surface area (Å²) in [6.07, 6.45) is 4.84. The van der Waals surface area contributed by atoms with Crippen LogP contribution in [0, 0.1) is 20.8 Å². The summed E-state index contributed by atoms with van der Waals surface area (Å²) in [5, 5.41) is 0.763. The summed E-state index contributed by atoms with van der Waals surface area (Å²) in [7, 11) is 1.69. The van der Waals surface area contributed by atoms with E-state index in [1.54, 1.807) is 7.11 Å². The first-order valence-electron chi connectivity index (χ1n) is 16.4. The van der Waals surface area contributed by atoms with E-state index >= 15 is 0 Å². The van der Waals surface area contributed by atoms with Crippen LogP contribution >= 0.6 is 11.6 Å². The quantitative estimate of drug-likeness (QED) is 0.176. The van der Waals surface area contributed by atoms with Crippen LogP contribution in [0.1, 0.15) is 92.4 Å². The number of hydrogen-bond acceptors (Lipinski definition) is 6. The van der Waals surface area contributed by atoms with Crippen molar-refractivity contribution in [1.29, 1.82) is 0 Å². The number of aromatic nitrogens is 2. The van der Waals surface area contributed by atoms with E-state index in [-0.39, 0.29) is 11.3 Å². The van der Waals surface area contributed by atoms with Crippen molar-refractivity contribution in [2.75, 3.05) is 49.6 Å². The number of ether oxygens (including phenoxy) is 1. The number of likely N-dealkylation sites (N-methyl/N-ethyl adjacent to an activating group) is 1. The summed E-state index contributed by atoms with van der Waals surface area (Å²) >= 11 is 6.35. The zero-order chi connectivity index (χ0) is 32.9. The Labute approximate surface area is 275 Å². The number of halogens is 1. The minimum Gasteiger partial charge on any atom is -0.496 e. The number of aryl methyl sites for hydroxylation is 3. The number of hydrogen-bond donors (Lipinski definition) is 0. The molecule has 0 N–H and O–H groups in total. The number of anilines is 3. The molecule has 7 nitrogen and oxygen atoms in total. The predicted molar refractivity (Wildman–Crippen MR) is 188 cm³/mol. The lowest BCUT2D eigenvalue weighted by Crippen LogP contribution is -2.40. The number of nitrogens with zero attached hydrogens (tertiary/aromatic N) is 5. The molecule has 1 amide bonds. The van der Waals surface area contributed by atoms with Crippen LogP contribution in [0.5, 0.6) is 0 Å². The molecule has 1 aromatic carbocycles. The Morgan fingerprint density at radius 2 is 1.73 bits per heavy atom. The van der Waals surface area contributed by atoms with Gasteiger partial charge < -0.3 is 19.4 Å². The highest BCUT2D eigenvalue weighted by molar-refractivity contribution is 6.31. The van der Waals surface area contributed by atoms with Gasteiger partial charge in [0.2, 0.25) is 0 Å². The standard InChI is InChI=1S/C37H50ClN5O2/c1-10-19-42(33-23-26(7)34(27(8)39-33)32(11-2)45-9)21-20-41(14-5)36(44)30-17-18-31-35(40-30)37(12-3,13-4)24-43(31)28-15-16-29(38)25(6)22-28/h11,15-18,22-23H,10,12-14,19-21,24H2,1-9H3/b32-11-. The number of allylic oxidation sites excluding steroid dienone is 1. The van der Waals surface area contributed by atoms with Gasteiger partial charge in [-0.05, 0) is 107 Å². The second-order valence-electron chi connectivity index (χ2n) is 12.1. The second-order valence-corrected chi connectivity index (χ2v) is 12.5. The van der Waals surface area contributed by atoms with Crippen molar-refractivity contribution in [3.63, 3.8) is 0 Å². The van der Waals surface area contributed by atoms with Gasteiger partial charge in [0.05, 0.1) is 24.2 Å². The van der Waals surface area contributed by atoms with E-state index < -0.39 is 0 Å². The maximum Gasteiger partial charge on any atom is 0.272 e. The van der Waals surface area contributed by atoms with Crippen LogP contribution in [0.25, 0.3) is 5.76 Å². The monoisotopic (exact) mass is 631 g/mol. The average Bonchev–Trinajstić information content (AvgIpc) is 3.37. The maximum atomic E-state index is 14.0. The van der Waals surface area contributed by atoms with Crippen molar-refractivity contribution in [3.8, 4) is 0 Å². The van der Waals surface area contributed by atoms with Crippen LogP contribution in [-0.4, -0.2) is 60.6 Å². The first-order valence-corrected chi connectivity index (χ1v) is 16.7. The summed E-state index contributed by atoms with van der Waals surface area (Å²) in [6, 6.07) is 12.3. The fraction of sp³-hybridized carbons (Fsp3) is 0.486. The molecule has 0 unspecified atom stereocenters. The molecule has 8 heteroatoms. The molecule has 45 heavy (non-hydrogen) atoms. The van der Waals surface area contributed by atoms with Gasteiger partial charge in [-0.2, -0.15) is 0 Å². The van der Waals surface area contributed by atoms with Gasteiger partial charge in [0, 0.05) is 54.4 Å². The van der Waals surface area contributed by atoms with Gasteiger partial charge in [0.15, 0.2) is 0 Å². The molecule has 4 rings (SSSR count). The number of fused-ring (bicyclic) bond motifs is 1. The van der Waals surface area contributed by atoms with Crippen molar-refractivity contribution in [1.82, 2.24) is 14.9 Å². The van der Waals surface area contributed by atoms with Gasteiger partial charge in [0.25, 0.3) is 5.91 Å². The normalized spacial score (nSPS) is 14.0. The van der Waals surface area contributed by atoms with Gasteiger partial charge in [-0.1, -0.05) is 32.4 Å². The van der Waals surface area contributed by atoms with E-state index in [0.29, 0.717) is 25.3 Å². The van der Waals surface area contributed by atoms with Crippen LogP contribution < -0.4 is 9.80 Å². The number of rotatable bonds is 13. The lowest BCUT2D eigenvalue weighted by Gasteiger charge is -2.29. The van der Waals surface area contributed by atoms with E-state index in [0.717, 1.165) is 88.4 Å². The summed E-state index contributed by atoms with van der Waals surface area (Å²) < 4.78 is 5.60. The summed E-state index contributed by atoms with van der Waals surface area (Å²) in [6.45, 7) is 20.3. The Morgan fingerprint density at radius 1 is 1.00 bits per heavy atom. The highest BCUT2D eigenvalue weighted by Gasteiger charge is 2.42. The Bertz CT molecular complexity index is 1520. The molecule has 1 aliphatic heterocycles. The largest absolute Gasteiger partial charge is 0.496 e. The molecule has 3 aromatic rings. The summed E-state index contributed by atoms with van der Waals surface area (Å²) in [4.78, 5) is 30.6. The van der Waals surface area contributed by atoms with Crippen molar-refractivity contribution < 1.29 is 9.53 Å². The molecular weight excluding hydrogens is 582 g/mol. The maximum absolute atomic E-state index is 14.0. The lowest BCUT2D eigenvalue weighted by molar-refractivity contribution is 0.0762. The van der Waals surface area contributed by atoms with Crippen molar-refractivity contribution in [2.24, 2.45) is 0 Å². The molecule has 0 aliphatic carbocycles. The molecular formula is C37H50ClN5O2. The highest BCUT2D eigenvalue weighted by atomic mass is 35.5. The number of amides is 1. The molecule has 0 fully saturated rings. The van der Waals surface area contributed by atoms with Gasteiger partial charge in [-0.15, -0.1) is 0 Å². The van der Waals surface area contributed by atoms with Gasteiger partial charge >= 0.3 is 0 Å². The molecule has 0 radical (unpaired) electrons. The Kier molecular flexibility index (Phi) is 11.2. The molecule has 0 spiro atoms. The molecule has 0 bridgehead atoms. The molecule has 1 aliphatic rings. The number of methoxy groups -OCH3 is 1. The molecule has 2 aromatic heterocycles. The lowest BCUT2D eigenvalue weighted by atomic mass is 9.80. The number of benzene rings is 1.